The van der Waals surface area contributed by atoms with Gasteiger partial charge in [-0.1, -0.05) is 15.9 Å². The number of carbonyl (C=O) groups excluding carboxylic acids is 1. The van der Waals surface area contributed by atoms with Crippen molar-refractivity contribution in [1.82, 2.24) is 5.32 Å². The Morgan fingerprint density at radius 3 is 2.62 bits per heavy atom. The van der Waals surface area contributed by atoms with E-state index in [1.807, 2.05) is 13.8 Å². The largest absolute Gasteiger partial charge is 0.490 e. The van der Waals surface area contributed by atoms with Crippen LogP contribution in [0.4, 0.5) is 0 Å². The summed E-state index contributed by atoms with van der Waals surface area (Å²) in [4.78, 5) is 23.0. The lowest BCUT2D eigenvalue weighted by Crippen LogP contribution is -2.46. The van der Waals surface area contributed by atoms with E-state index >= 15 is 0 Å². The minimum Gasteiger partial charge on any atom is -0.490 e. The van der Waals surface area contributed by atoms with Crippen LogP contribution in [0.25, 0.3) is 0 Å². The van der Waals surface area contributed by atoms with Crippen LogP contribution in [0.3, 0.4) is 0 Å². The van der Waals surface area contributed by atoms with Crippen molar-refractivity contribution in [3.8, 4) is 5.75 Å². The van der Waals surface area contributed by atoms with Crippen LogP contribution >= 0.6 is 15.9 Å². The fourth-order valence-corrected chi connectivity index (χ4v) is 2.58. The number of amides is 1. The summed E-state index contributed by atoms with van der Waals surface area (Å²) < 4.78 is 6.49. The summed E-state index contributed by atoms with van der Waals surface area (Å²) in [5.41, 5.74) is 0.464. The van der Waals surface area contributed by atoms with Crippen LogP contribution in [0, 0.1) is 5.92 Å². The first-order chi connectivity index (χ1) is 9.86. The van der Waals surface area contributed by atoms with Crippen LogP contribution in [-0.4, -0.2) is 29.1 Å². The quantitative estimate of drug-likeness (QED) is 0.851. The van der Waals surface area contributed by atoms with E-state index in [0.717, 1.165) is 4.47 Å². The summed E-state index contributed by atoms with van der Waals surface area (Å²) in [5.74, 6) is -0.849. The molecule has 0 aromatic heterocycles. The summed E-state index contributed by atoms with van der Waals surface area (Å²) in [5, 5.41) is 11.7. The van der Waals surface area contributed by atoms with Gasteiger partial charge in [0.15, 0.2) is 0 Å². The van der Waals surface area contributed by atoms with Crippen LogP contribution in [-0.2, 0) is 4.79 Å². The lowest BCUT2D eigenvalue weighted by molar-refractivity contribution is -0.145. The maximum atomic E-state index is 12.3. The Morgan fingerprint density at radius 1 is 1.38 bits per heavy atom. The molecule has 0 radical (unpaired) electrons. The van der Waals surface area contributed by atoms with E-state index in [1.165, 1.54) is 0 Å². The first-order valence-electron chi connectivity index (χ1n) is 6.86. The molecule has 0 spiro atoms. The summed E-state index contributed by atoms with van der Waals surface area (Å²) in [6.07, 6.45) is 0.932. The number of hydrogen-bond acceptors (Lipinski definition) is 3. The summed E-state index contributed by atoms with van der Waals surface area (Å²) in [6.45, 7) is 3.79. The Kier molecular flexibility index (Phi) is 4.88. The summed E-state index contributed by atoms with van der Waals surface area (Å²) in [6, 6.07) is 5.16. The van der Waals surface area contributed by atoms with Gasteiger partial charge in [0.25, 0.3) is 5.91 Å². The lowest BCUT2D eigenvalue weighted by atomic mass is 9.80. The standard InChI is InChI=1S/C15H18BrNO4/c1-8(2)21-13-7-10(16)3-4-12(13)14(18)17-11-5-9(6-11)15(19)20/h3-4,7-9,11H,5-6H2,1-2H3,(H,17,18)(H,19,20). The lowest BCUT2D eigenvalue weighted by Gasteiger charge is -2.33. The molecule has 5 nitrogen and oxygen atoms in total. The maximum absolute atomic E-state index is 12.3. The van der Waals surface area contributed by atoms with Gasteiger partial charge in [-0.25, -0.2) is 0 Å². The number of aliphatic carboxylic acids is 1. The van der Waals surface area contributed by atoms with Gasteiger partial charge in [-0.05, 0) is 44.9 Å². The Morgan fingerprint density at radius 2 is 2.05 bits per heavy atom. The highest BCUT2D eigenvalue weighted by Gasteiger charge is 2.35. The van der Waals surface area contributed by atoms with E-state index < -0.39 is 5.97 Å². The molecular weight excluding hydrogens is 338 g/mol. The molecular formula is C15H18BrNO4. The molecule has 0 saturated heterocycles. The fraction of sp³-hybridized carbons (Fsp3) is 0.467. The van der Waals surface area contributed by atoms with Crippen molar-refractivity contribution in [3.05, 3.63) is 28.2 Å². The van der Waals surface area contributed by atoms with Crippen molar-refractivity contribution >= 4 is 27.8 Å². The Labute approximate surface area is 131 Å². The highest BCUT2D eigenvalue weighted by Crippen LogP contribution is 2.29. The van der Waals surface area contributed by atoms with E-state index in [4.69, 9.17) is 9.84 Å². The SMILES string of the molecule is CC(C)Oc1cc(Br)ccc1C(=O)NC1CC(C(=O)O)C1. The Hall–Kier alpha value is -1.56. The van der Waals surface area contributed by atoms with Crippen LogP contribution in [0.15, 0.2) is 22.7 Å². The van der Waals surface area contributed by atoms with E-state index in [1.54, 1.807) is 18.2 Å². The van der Waals surface area contributed by atoms with Gasteiger partial charge in [0.1, 0.15) is 5.75 Å². The number of carboxylic acid groups (broad SMARTS) is 1. The molecule has 0 unspecified atom stereocenters. The molecule has 114 valence electrons. The van der Waals surface area contributed by atoms with E-state index in [2.05, 4.69) is 21.2 Å². The van der Waals surface area contributed by atoms with Crippen molar-refractivity contribution in [2.45, 2.75) is 38.8 Å². The highest BCUT2D eigenvalue weighted by atomic mass is 79.9. The average molecular weight is 356 g/mol. The second kappa shape index (κ2) is 6.47. The molecule has 1 fully saturated rings. The first kappa shape index (κ1) is 15.8. The number of carboxylic acids is 1. The number of nitrogens with one attached hydrogen (secondary N) is 1. The topological polar surface area (TPSA) is 75.6 Å². The van der Waals surface area contributed by atoms with Gasteiger partial charge in [0, 0.05) is 10.5 Å². The number of halogens is 1. The molecule has 0 atom stereocenters. The zero-order chi connectivity index (χ0) is 15.6. The molecule has 1 aromatic rings. The van der Waals surface area contributed by atoms with E-state index in [9.17, 15) is 9.59 Å². The van der Waals surface area contributed by atoms with Crippen LogP contribution in [0.2, 0.25) is 0 Å². The van der Waals surface area contributed by atoms with Gasteiger partial charge in [-0.15, -0.1) is 0 Å². The molecule has 6 heteroatoms. The van der Waals surface area contributed by atoms with Gasteiger partial charge in [-0.2, -0.15) is 0 Å². The zero-order valence-corrected chi connectivity index (χ0v) is 13.5. The molecule has 0 aliphatic heterocycles. The zero-order valence-electron chi connectivity index (χ0n) is 11.9. The van der Waals surface area contributed by atoms with Crippen molar-refractivity contribution in [2.75, 3.05) is 0 Å². The smallest absolute Gasteiger partial charge is 0.306 e. The molecule has 1 aliphatic carbocycles. The minimum atomic E-state index is -0.798. The molecule has 0 heterocycles. The number of benzene rings is 1. The molecule has 1 saturated carbocycles. The molecule has 2 N–H and O–H groups in total. The minimum absolute atomic E-state index is 0.0362. The molecule has 21 heavy (non-hydrogen) atoms. The van der Waals surface area contributed by atoms with Gasteiger partial charge in [-0.3, -0.25) is 9.59 Å². The second-order valence-electron chi connectivity index (χ2n) is 5.48. The van der Waals surface area contributed by atoms with Gasteiger partial charge in [0.2, 0.25) is 0 Å². The molecule has 2 rings (SSSR count). The van der Waals surface area contributed by atoms with Crippen molar-refractivity contribution < 1.29 is 19.4 Å². The third kappa shape index (κ3) is 3.97. The highest BCUT2D eigenvalue weighted by molar-refractivity contribution is 9.10. The first-order valence-corrected chi connectivity index (χ1v) is 7.66. The third-order valence-electron chi connectivity index (χ3n) is 3.37. The maximum Gasteiger partial charge on any atom is 0.306 e. The normalized spacial score (nSPS) is 20.8. The molecule has 1 amide bonds. The predicted octanol–water partition coefficient (Wildman–Crippen LogP) is 2.83. The van der Waals surface area contributed by atoms with Gasteiger partial charge < -0.3 is 15.2 Å². The van der Waals surface area contributed by atoms with Gasteiger partial charge in [0.05, 0.1) is 17.6 Å². The monoisotopic (exact) mass is 355 g/mol. The number of hydrogen-bond donors (Lipinski definition) is 2. The predicted molar refractivity (Wildman–Crippen MR) is 81.5 cm³/mol. The second-order valence-corrected chi connectivity index (χ2v) is 6.40. The van der Waals surface area contributed by atoms with Crippen molar-refractivity contribution in [1.29, 1.82) is 0 Å². The number of rotatable bonds is 5. The summed E-state index contributed by atoms with van der Waals surface area (Å²) >= 11 is 3.36. The van der Waals surface area contributed by atoms with E-state index in [0.29, 0.717) is 24.2 Å². The fourth-order valence-electron chi connectivity index (χ4n) is 2.24. The molecule has 1 aromatic carbocycles. The number of carbonyl (C=O) groups is 2. The van der Waals surface area contributed by atoms with Crippen LogP contribution in [0.5, 0.6) is 5.75 Å². The van der Waals surface area contributed by atoms with Crippen LogP contribution < -0.4 is 10.1 Å². The summed E-state index contributed by atoms with van der Waals surface area (Å²) in [7, 11) is 0. The van der Waals surface area contributed by atoms with Crippen molar-refractivity contribution in [2.24, 2.45) is 5.92 Å². The Balaban J connectivity index is 2.04. The van der Waals surface area contributed by atoms with Crippen LogP contribution in [0.1, 0.15) is 37.0 Å². The van der Waals surface area contributed by atoms with Crippen molar-refractivity contribution in [3.63, 3.8) is 0 Å². The van der Waals surface area contributed by atoms with E-state index in [-0.39, 0.29) is 24.0 Å². The molecule has 0 bridgehead atoms. The third-order valence-corrected chi connectivity index (χ3v) is 3.87. The number of ether oxygens (including phenoxy) is 1. The average Bonchev–Trinajstić information content (AvgIpc) is 2.31. The molecule has 1 aliphatic rings. The van der Waals surface area contributed by atoms with Gasteiger partial charge >= 0.3 is 5.97 Å². The Bertz CT molecular complexity index is 553.